The second-order valence-electron chi connectivity index (χ2n) is 9.32. The number of urea groups is 1. The lowest BCUT2D eigenvalue weighted by molar-refractivity contribution is -0.144. The first-order valence-electron chi connectivity index (χ1n) is 12.0. The van der Waals surface area contributed by atoms with Gasteiger partial charge in [0.15, 0.2) is 5.67 Å². The second kappa shape index (κ2) is 11.0. The van der Waals surface area contributed by atoms with Crippen molar-refractivity contribution in [1.29, 1.82) is 0 Å². The van der Waals surface area contributed by atoms with Gasteiger partial charge in [0.2, 0.25) is 5.82 Å². The molecule has 0 bridgehead atoms. The van der Waals surface area contributed by atoms with Crippen LogP contribution in [0.4, 0.5) is 42.6 Å². The van der Waals surface area contributed by atoms with Gasteiger partial charge in [-0.1, -0.05) is 6.07 Å². The smallest absolute Gasteiger partial charge is 0.366 e. The molecular formula is C25H25F6N7O. The number of para-hydroxylation sites is 1. The first-order chi connectivity index (χ1) is 18.3. The van der Waals surface area contributed by atoms with E-state index in [1.807, 2.05) is 0 Å². The number of aryl methyl sites for hydroxylation is 1. The van der Waals surface area contributed by atoms with Crippen molar-refractivity contribution in [2.24, 2.45) is 0 Å². The molecule has 1 saturated heterocycles. The highest BCUT2D eigenvalue weighted by Gasteiger charge is 2.36. The SMILES string of the molecule is Cc1ncc(C(C)(F)CNc2ccnc(C(F)(F)F)n2)c(C2CCN(C(=O)Nc3c(F)cccc3F)CC2)n1. The number of piperidine rings is 1. The van der Waals surface area contributed by atoms with Crippen LogP contribution >= 0.6 is 0 Å². The molecule has 0 saturated carbocycles. The Kier molecular flexibility index (Phi) is 7.93. The zero-order valence-electron chi connectivity index (χ0n) is 21.0. The number of benzene rings is 1. The third-order valence-corrected chi connectivity index (χ3v) is 6.37. The number of rotatable bonds is 6. The minimum Gasteiger partial charge on any atom is -0.366 e. The molecule has 8 nitrogen and oxygen atoms in total. The van der Waals surface area contributed by atoms with E-state index < -0.39 is 47.6 Å². The number of halogens is 6. The standard InChI is InChI=1S/C25H25F6N7O/c1-14-33-12-16(24(2,28)13-34-19-6-9-32-22(36-19)25(29,30)31)20(35-14)15-7-10-38(11-8-15)23(39)37-21-17(26)4-3-5-18(21)27/h3-6,9,12,15H,7-8,10-11,13H2,1-2H3,(H,37,39)(H,32,34,36). The number of nitrogens with one attached hydrogen (secondary N) is 2. The number of nitrogens with zero attached hydrogens (tertiary/aromatic N) is 5. The molecule has 2 N–H and O–H groups in total. The molecular weight excluding hydrogens is 528 g/mol. The van der Waals surface area contributed by atoms with E-state index >= 15 is 4.39 Å². The van der Waals surface area contributed by atoms with Gasteiger partial charge in [0.1, 0.15) is 29.0 Å². The molecule has 2 aromatic heterocycles. The quantitative estimate of drug-likeness (QED) is 0.387. The predicted molar refractivity (Wildman–Crippen MR) is 130 cm³/mol. The van der Waals surface area contributed by atoms with Crippen LogP contribution in [-0.2, 0) is 11.8 Å². The van der Waals surface area contributed by atoms with Gasteiger partial charge in [0, 0.05) is 37.0 Å². The number of carbonyl (C=O) groups is 1. The summed E-state index contributed by atoms with van der Waals surface area (Å²) in [4.78, 5) is 29.2. The van der Waals surface area contributed by atoms with E-state index in [9.17, 15) is 26.7 Å². The molecule has 39 heavy (non-hydrogen) atoms. The topological polar surface area (TPSA) is 95.9 Å². The summed E-state index contributed by atoms with van der Waals surface area (Å²) in [7, 11) is 0. The van der Waals surface area contributed by atoms with Crippen LogP contribution in [0.1, 0.15) is 48.6 Å². The van der Waals surface area contributed by atoms with Crippen LogP contribution in [0.25, 0.3) is 0 Å². The minimum atomic E-state index is -4.75. The molecule has 14 heteroatoms. The normalized spacial score (nSPS) is 16.1. The number of alkyl halides is 4. The van der Waals surface area contributed by atoms with Crippen LogP contribution < -0.4 is 10.6 Å². The molecule has 4 rings (SSSR count). The average Bonchev–Trinajstić information content (AvgIpc) is 2.89. The first-order valence-corrected chi connectivity index (χ1v) is 12.0. The van der Waals surface area contributed by atoms with Crippen LogP contribution in [-0.4, -0.2) is 50.5 Å². The summed E-state index contributed by atoms with van der Waals surface area (Å²) in [6.45, 7) is 2.92. The van der Waals surface area contributed by atoms with E-state index in [0.29, 0.717) is 24.4 Å². The summed E-state index contributed by atoms with van der Waals surface area (Å²) < 4.78 is 82.5. The van der Waals surface area contributed by atoms with Crippen LogP contribution in [0.3, 0.4) is 0 Å². The summed E-state index contributed by atoms with van der Waals surface area (Å²) in [6, 6.07) is 3.79. The molecule has 2 amide bonds. The molecule has 1 aliphatic rings. The summed E-state index contributed by atoms with van der Waals surface area (Å²) in [5.74, 6) is -3.19. The Bertz CT molecular complexity index is 1320. The van der Waals surface area contributed by atoms with Gasteiger partial charge >= 0.3 is 12.2 Å². The average molecular weight is 554 g/mol. The molecule has 0 spiro atoms. The third-order valence-electron chi connectivity index (χ3n) is 6.37. The molecule has 0 radical (unpaired) electrons. The van der Waals surface area contributed by atoms with E-state index in [1.54, 1.807) is 6.92 Å². The largest absolute Gasteiger partial charge is 0.451 e. The maximum absolute atomic E-state index is 16.0. The van der Waals surface area contributed by atoms with E-state index in [0.717, 1.165) is 18.3 Å². The lowest BCUT2D eigenvalue weighted by Crippen LogP contribution is -2.41. The van der Waals surface area contributed by atoms with E-state index in [1.165, 1.54) is 30.2 Å². The fourth-order valence-corrected chi connectivity index (χ4v) is 4.31. The Balaban J connectivity index is 1.45. The minimum absolute atomic E-state index is 0.155. The maximum atomic E-state index is 16.0. The van der Waals surface area contributed by atoms with Gasteiger partial charge < -0.3 is 15.5 Å². The van der Waals surface area contributed by atoms with Gasteiger partial charge in [-0.25, -0.2) is 37.9 Å². The van der Waals surface area contributed by atoms with Gasteiger partial charge in [-0.3, -0.25) is 0 Å². The maximum Gasteiger partial charge on any atom is 0.451 e. The summed E-state index contributed by atoms with van der Waals surface area (Å²) in [5.41, 5.74) is -2.05. The molecule has 3 heterocycles. The van der Waals surface area contributed by atoms with E-state index in [2.05, 4.69) is 30.6 Å². The van der Waals surface area contributed by atoms with Crippen LogP contribution in [0.15, 0.2) is 36.7 Å². The number of hydrogen-bond acceptors (Lipinski definition) is 6. The van der Waals surface area contributed by atoms with Gasteiger partial charge in [-0.05, 0) is 44.9 Å². The third kappa shape index (κ3) is 6.55. The van der Waals surface area contributed by atoms with Crippen molar-refractivity contribution in [2.75, 3.05) is 30.3 Å². The van der Waals surface area contributed by atoms with Crippen molar-refractivity contribution in [2.45, 2.75) is 44.5 Å². The molecule has 1 aromatic carbocycles. The predicted octanol–water partition coefficient (Wildman–Crippen LogP) is 5.58. The molecule has 1 aliphatic heterocycles. The second-order valence-corrected chi connectivity index (χ2v) is 9.32. The van der Waals surface area contributed by atoms with E-state index in [-0.39, 0.29) is 30.4 Å². The fourth-order valence-electron chi connectivity index (χ4n) is 4.31. The number of carbonyl (C=O) groups excluding carboxylic acids is 1. The van der Waals surface area contributed by atoms with Crippen LogP contribution in [0.5, 0.6) is 0 Å². The molecule has 208 valence electrons. The number of anilines is 2. The van der Waals surface area contributed by atoms with Gasteiger partial charge in [-0.15, -0.1) is 0 Å². The van der Waals surface area contributed by atoms with Crippen molar-refractivity contribution in [3.8, 4) is 0 Å². The lowest BCUT2D eigenvalue weighted by atomic mass is 9.86. The van der Waals surface area contributed by atoms with E-state index in [4.69, 9.17) is 0 Å². The number of likely N-dealkylation sites (tertiary alicyclic amines) is 1. The molecule has 0 aliphatic carbocycles. The zero-order chi connectivity index (χ0) is 28.4. The number of amides is 2. The van der Waals surface area contributed by atoms with Gasteiger partial charge in [-0.2, -0.15) is 13.2 Å². The molecule has 1 fully saturated rings. The van der Waals surface area contributed by atoms with Gasteiger partial charge in [0.25, 0.3) is 0 Å². The number of aromatic nitrogens is 4. The molecule has 3 aromatic rings. The van der Waals surface area contributed by atoms with Crippen molar-refractivity contribution >= 4 is 17.5 Å². The highest BCUT2D eigenvalue weighted by Crippen LogP contribution is 2.36. The first kappa shape index (κ1) is 28.0. The Morgan fingerprint density at radius 1 is 1.05 bits per heavy atom. The number of hydrogen-bond donors (Lipinski definition) is 2. The van der Waals surface area contributed by atoms with Crippen molar-refractivity contribution in [3.63, 3.8) is 0 Å². The monoisotopic (exact) mass is 553 g/mol. The molecule has 1 unspecified atom stereocenters. The van der Waals surface area contributed by atoms with Crippen LogP contribution in [0.2, 0.25) is 0 Å². The summed E-state index contributed by atoms with van der Waals surface area (Å²) >= 11 is 0. The summed E-state index contributed by atoms with van der Waals surface area (Å²) in [5, 5.41) is 4.85. The van der Waals surface area contributed by atoms with Gasteiger partial charge in [0.05, 0.1) is 12.2 Å². The Morgan fingerprint density at radius 2 is 1.72 bits per heavy atom. The lowest BCUT2D eigenvalue weighted by Gasteiger charge is -2.34. The Hall–Kier alpha value is -3.97. The van der Waals surface area contributed by atoms with Crippen molar-refractivity contribution < 1.29 is 31.1 Å². The van der Waals surface area contributed by atoms with Crippen molar-refractivity contribution in [1.82, 2.24) is 24.8 Å². The molecule has 1 atom stereocenters. The summed E-state index contributed by atoms with van der Waals surface area (Å²) in [6.07, 6.45) is -1.69. The fraction of sp³-hybridized carbons (Fsp3) is 0.400. The Labute approximate surface area is 219 Å². The highest BCUT2D eigenvalue weighted by molar-refractivity contribution is 5.89. The van der Waals surface area contributed by atoms with Crippen LogP contribution in [0, 0.1) is 18.6 Å². The Morgan fingerprint density at radius 3 is 2.36 bits per heavy atom. The van der Waals surface area contributed by atoms with Crippen molar-refractivity contribution in [3.05, 3.63) is 71.2 Å². The highest BCUT2D eigenvalue weighted by atomic mass is 19.4. The zero-order valence-corrected chi connectivity index (χ0v) is 21.0.